The predicted molar refractivity (Wildman–Crippen MR) is 51.0 cm³/mol. The minimum absolute atomic E-state index is 0.218. The molecule has 2 unspecified atom stereocenters. The SMILES string of the molecule is Fc1ccc(F)c(C2CC2CBr)c1. The van der Waals surface area contributed by atoms with E-state index in [9.17, 15) is 8.78 Å². The first-order valence-corrected chi connectivity index (χ1v) is 5.35. The van der Waals surface area contributed by atoms with E-state index in [0.29, 0.717) is 11.5 Å². The van der Waals surface area contributed by atoms with Crippen molar-refractivity contribution < 1.29 is 8.78 Å². The second-order valence-electron chi connectivity index (χ2n) is 3.42. The molecule has 1 aromatic rings. The molecule has 13 heavy (non-hydrogen) atoms. The van der Waals surface area contributed by atoms with E-state index in [1.807, 2.05) is 0 Å². The molecular formula is C10H9BrF2. The summed E-state index contributed by atoms with van der Waals surface area (Å²) in [6.07, 6.45) is 0.964. The molecule has 0 spiro atoms. The molecule has 0 amide bonds. The van der Waals surface area contributed by atoms with Gasteiger partial charge >= 0.3 is 0 Å². The predicted octanol–water partition coefficient (Wildman–Crippen LogP) is 3.46. The van der Waals surface area contributed by atoms with Crippen LogP contribution in [0.3, 0.4) is 0 Å². The number of hydrogen-bond donors (Lipinski definition) is 0. The fourth-order valence-electron chi connectivity index (χ4n) is 1.60. The lowest BCUT2D eigenvalue weighted by atomic mass is 10.1. The van der Waals surface area contributed by atoms with Crippen molar-refractivity contribution in [2.75, 3.05) is 5.33 Å². The lowest BCUT2D eigenvalue weighted by molar-refractivity contribution is 0.583. The van der Waals surface area contributed by atoms with Crippen molar-refractivity contribution in [3.05, 3.63) is 35.4 Å². The summed E-state index contributed by atoms with van der Waals surface area (Å²) in [6.45, 7) is 0. The van der Waals surface area contributed by atoms with Gasteiger partial charge in [0, 0.05) is 5.33 Å². The lowest BCUT2D eigenvalue weighted by Crippen LogP contribution is -1.91. The zero-order valence-corrected chi connectivity index (χ0v) is 8.52. The Bertz CT molecular complexity index is 325. The van der Waals surface area contributed by atoms with Gasteiger partial charge in [-0.2, -0.15) is 0 Å². The summed E-state index contributed by atoms with van der Waals surface area (Å²) in [6, 6.07) is 3.67. The second-order valence-corrected chi connectivity index (χ2v) is 4.07. The Balaban J connectivity index is 2.25. The average molecular weight is 247 g/mol. The van der Waals surface area contributed by atoms with E-state index in [-0.39, 0.29) is 17.6 Å². The maximum absolute atomic E-state index is 13.2. The smallest absolute Gasteiger partial charge is 0.126 e. The standard InChI is InChI=1S/C10H9BrF2/c11-5-6-3-8(6)9-4-7(12)1-2-10(9)13/h1-2,4,6,8H,3,5H2. The van der Waals surface area contributed by atoms with Gasteiger partial charge in [0.05, 0.1) is 0 Å². The van der Waals surface area contributed by atoms with Crippen molar-refractivity contribution in [1.82, 2.24) is 0 Å². The summed E-state index contributed by atoms with van der Waals surface area (Å²) in [5, 5.41) is 0.869. The molecule has 2 rings (SSSR count). The van der Waals surface area contributed by atoms with E-state index in [0.717, 1.165) is 17.8 Å². The fourth-order valence-corrected chi connectivity index (χ4v) is 2.31. The zero-order valence-electron chi connectivity index (χ0n) is 6.93. The van der Waals surface area contributed by atoms with E-state index >= 15 is 0 Å². The van der Waals surface area contributed by atoms with Gasteiger partial charge in [0.1, 0.15) is 11.6 Å². The average Bonchev–Trinajstić information content (AvgIpc) is 2.88. The Hall–Kier alpha value is -0.440. The molecule has 0 nitrogen and oxygen atoms in total. The molecule has 1 fully saturated rings. The van der Waals surface area contributed by atoms with Gasteiger partial charge in [-0.3, -0.25) is 0 Å². The Morgan fingerprint density at radius 3 is 2.77 bits per heavy atom. The molecule has 0 heterocycles. The number of halogens is 3. The molecule has 1 aliphatic rings. The van der Waals surface area contributed by atoms with Crippen LogP contribution in [0.4, 0.5) is 8.78 Å². The molecule has 0 aromatic heterocycles. The molecule has 0 radical (unpaired) electrons. The van der Waals surface area contributed by atoms with Crippen molar-refractivity contribution in [1.29, 1.82) is 0 Å². The third-order valence-electron chi connectivity index (χ3n) is 2.48. The highest BCUT2D eigenvalue weighted by atomic mass is 79.9. The van der Waals surface area contributed by atoms with Crippen molar-refractivity contribution in [3.63, 3.8) is 0 Å². The largest absolute Gasteiger partial charge is 0.207 e. The maximum atomic E-state index is 13.2. The van der Waals surface area contributed by atoms with Crippen molar-refractivity contribution >= 4 is 15.9 Å². The third-order valence-corrected chi connectivity index (χ3v) is 3.31. The second kappa shape index (κ2) is 3.37. The molecule has 1 aliphatic carbocycles. The van der Waals surface area contributed by atoms with Crippen LogP contribution in [-0.4, -0.2) is 5.33 Å². The number of benzene rings is 1. The normalized spacial score (nSPS) is 26.1. The van der Waals surface area contributed by atoms with Crippen LogP contribution in [-0.2, 0) is 0 Å². The highest BCUT2D eigenvalue weighted by Crippen LogP contribution is 2.49. The van der Waals surface area contributed by atoms with Crippen LogP contribution in [0.25, 0.3) is 0 Å². The van der Waals surface area contributed by atoms with E-state index in [1.54, 1.807) is 0 Å². The van der Waals surface area contributed by atoms with Gasteiger partial charge in [-0.1, -0.05) is 15.9 Å². The van der Waals surface area contributed by atoms with E-state index < -0.39 is 0 Å². The lowest BCUT2D eigenvalue weighted by Gasteiger charge is -2.00. The van der Waals surface area contributed by atoms with Crippen molar-refractivity contribution in [2.45, 2.75) is 12.3 Å². The molecule has 70 valence electrons. The minimum Gasteiger partial charge on any atom is -0.207 e. The van der Waals surface area contributed by atoms with Crippen LogP contribution in [0.2, 0.25) is 0 Å². The summed E-state index contributed by atoms with van der Waals surface area (Å²) in [4.78, 5) is 0. The van der Waals surface area contributed by atoms with Crippen molar-refractivity contribution in [2.24, 2.45) is 5.92 Å². The molecule has 3 heteroatoms. The van der Waals surface area contributed by atoms with E-state index in [4.69, 9.17) is 0 Å². The molecule has 0 aliphatic heterocycles. The summed E-state index contributed by atoms with van der Waals surface area (Å²) >= 11 is 3.34. The number of alkyl halides is 1. The van der Waals surface area contributed by atoms with Crippen molar-refractivity contribution in [3.8, 4) is 0 Å². The van der Waals surface area contributed by atoms with Crippen LogP contribution < -0.4 is 0 Å². The van der Waals surface area contributed by atoms with Crippen LogP contribution in [0.5, 0.6) is 0 Å². The molecule has 0 bridgehead atoms. The molecule has 2 atom stereocenters. The fraction of sp³-hybridized carbons (Fsp3) is 0.400. The number of hydrogen-bond acceptors (Lipinski definition) is 0. The monoisotopic (exact) mass is 246 g/mol. The van der Waals surface area contributed by atoms with Gasteiger partial charge in [0.2, 0.25) is 0 Å². The topological polar surface area (TPSA) is 0 Å². The van der Waals surface area contributed by atoms with Crippen LogP contribution in [0.15, 0.2) is 18.2 Å². The first-order valence-electron chi connectivity index (χ1n) is 4.23. The van der Waals surface area contributed by atoms with Gasteiger partial charge in [-0.15, -0.1) is 0 Å². The minimum atomic E-state index is -0.350. The Labute approximate surface area is 84.1 Å². The summed E-state index contributed by atoms with van der Waals surface area (Å²) in [5.74, 6) is 0.0675. The van der Waals surface area contributed by atoms with Gasteiger partial charge in [0.15, 0.2) is 0 Å². The molecule has 1 aromatic carbocycles. The Morgan fingerprint density at radius 2 is 2.15 bits per heavy atom. The first kappa shape index (κ1) is 9.13. The van der Waals surface area contributed by atoms with Crippen LogP contribution in [0.1, 0.15) is 17.9 Å². The highest BCUT2D eigenvalue weighted by molar-refractivity contribution is 9.09. The van der Waals surface area contributed by atoms with Gasteiger partial charge < -0.3 is 0 Å². The van der Waals surface area contributed by atoms with Crippen LogP contribution >= 0.6 is 15.9 Å². The summed E-state index contributed by atoms with van der Waals surface area (Å²) in [5.41, 5.74) is 0.532. The van der Waals surface area contributed by atoms with E-state index in [2.05, 4.69) is 15.9 Å². The first-order chi connectivity index (χ1) is 6.22. The molecule has 0 N–H and O–H groups in total. The molecular weight excluding hydrogens is 238 g/mol. The van der Waals surface area contributed by atoms with E-state index in [1.165, 1.54) is 12.1 Å². The third kappa shape index (κ3) is 1.75. The van der Waals surface area contributed by atoms with Gasteiger partial charge in [-0.25, -0.2) is 8.78 Å². The Morgan fingerprint density at radius 1 is 1.38 bits per heavy atom. The highest BCUT2D eigenvalue weighted by Gasteiger charge is 2.38. The van der Waals surface area contributed by atoms with Gasteiger partial charge in [-0.05, 0) is 42.0 Å². The number of rotatable bonds is 2. The van der Waals surface area contributed by atoms with Crippen LogP contribution in [0, 0.1) is 17.6 Å². The molecule has 0 saturated heterocycles. The van der Waals surface area contributed by atoms with Gasteiger partial charge in [0.25, 0.3) is 0 Å². The quantitative estimate of drug-likeness (QED) is 0.702. The summed E-state index contributed by atoms with van der Waals surface area (Å²) in [7, 11) is 0. The summed E-state index contributed by atoms with van der Waals surface area (Å²) < 4.78 is 26.0. The molecule has 1 saturated carbocycles. The maximum Gasteiger partial charge on any atom is 0.126 e. The Kier molecular flexibility index (Phi) is 2.37. The zero-order chi connectivity index (χ0) is 9.42.